The van der Waals surface area contributed by atoms with Gasteiger partial charge in [-0.2, -0.15) is 4.68 Å². The molecule has 0 saturated heterocycles. The topological polar surface area (TPSA) is 79.7 Å². The molecule has 0 aliphatic heterocycles. The van der Waals surface area contributed by atoms with Crippen LogP contribution in [0.2, 0.25) is 0 Å². The Morgan fingerprint density at radius 3 is 2.48 bits per heavy atom. The lowest BCUT2D eigenvalue weighted by Gasteiger charge is -2.18. The van der Waals surface area contributed by atoms with Gasteiger partial charge < -0.3 is 14.2 Å². The van der Waals surface area contributed by atoms with Crippen molar-refractivity contribution >= 4 is 12.1 Å². The second-order valence-electron chi connectivity index (χ2n) is 6.96. The van der Waals surface area contributed by atoms with E-state index in [1.54, 1.807) is 27.7 Å². The zero-order chi connectivity index (χ0) is 19.9. The molecule has 2 aromatic rings. The van der Waals surface area contributed by atoms with Gasteiger partial charge in [-0.1, -0.05) is 30.3 Å². The Morgan fingerprint density at radius 1 is 1.15 bits per heavy atom. The highest BCUT2D eigenvalue weighted by Gasteiger charge is 2.21. The van der Waals surface area contributed by atoms with E-state index in [0.29, 0.717) is 31.1 Å². The van der Waals surface area contributed by atoms with Crippen LogP contribution >= 0.6 is 0 Å². The first-order chi connectivity index (χ1) is 12.8. The summed E-state index contributed by atoms with van der Waals surface area (Å²) in [5.74, 6) is -0.00876. The van der Waals surface area contributed by atoms with E-state index in [9.17, 15) is 9.59 Å². The lowest BCUT2D eigenvalue weighted by molar-refractivity contribution is -0.143. The minimum absolute atomic E-state index is 0.176. The fourth-order valence-corrected chi connectivity index (χ4v) is 2.28. The number of hydrogen-bond acceptors (Lipinski definition) is 6. The average Bonchev–Trinajstić information content (AvgIpc) is 3.01. The first-order valence-corrected chi connectivity index (χ1v) is 8.92. The van der Waals surface area contributed by atoms with Crippen LogP contribution in [0.1, 0.15) is 45.2 Å². The van der Waals surface area contributed by atoms with Crippen LogP contribution in [0.4, 0.5) is 4.79 Å². The van der Waals surface area contributed by atoms with E-state index in [4.69, 9.17) is 14.2 Å². The number of carbonyl (C=O) groups excluding carboxylic acids is 2. The van der Waals surface area contributed by atoms with Crippen molar-refractivity contribution in [2.24, 2.45) is 0 Å². The van der Waals surface area contributed by atoms with E-state index in [1.165, 1.54) is 6.20 Å². The summed E-state index contributed by atoms with van der Waals surface area (Å²) in [5, 5.41) is 4.20. The molecule has 2 rings (SSSR count). The van der Waals surface area contributed by atoms with Crippen LogP contribution in [-0.2, 0) is 27.3 Å². The molecule has 0 unspecified atom stereocenters. The van der Waals surface area contributed by atoms with Gasteiger partial charge in [0.2, 0.25) is 5.88 Å². The van der Waals surface area contributed by atoms with Crippen molar-refractivity contribution < 1.29 is 23.8 Å². The summed E-state index contributed by atoms with van der Waals surface area (Å²) in [4.78, 5) is 23.9. The Balaban J connectivity index is 2.14. The third-order valence-electron chi connectivity index (χ3n) is 3.45. The van der Waals surface area contributed by atoms with Crippen molar-refractivity contribution in [3.8, 4) is 5.88 Å². The monoisotopic (exact) mass is 374 g/mol. The molecule has 0 aliphatic rings. The van der Waals surface area contributed by atoms with E-state index < -0.39 is 11.7 Å². The van der Waals surface area contributed by atoms with Crippen LogP contribution in [0, 0.1) is 0 Å². The van der Waals surface area contributed by atoms with Crippen LogP contribution in [0.15, 0.2) is 36.5 Å². The molecule has 0 spiro atoms. The number of esters is 1. The van der Waals surface area contributed by atoms with Crippen molar-refractivity contribution in [2.75, 3.05) is 6.61 Å². The number of carbonyl (C=O) groups is 2. The molecule has 0 atom stereocenters. The Labute approximate surface area is 159 Å². The zero-order valence-electron chi connectivity index (χ0n) is 16.2. The summed E-state index contributed by atoms with van der Waals surface area (Å²) in [5.41, 5.74) is 0.977. The van der Waals surface area contributed by atoms with Crippen molar-refractivity contribution in [1.29, 1.82) is 0 Å². The van der Waals surface area contributed by atoms with E-state index in [0.717, 1.165) is 10.2 Å². The van der Waals surface area contributed by atoms with Gasteiger partial charge in [0.25, 0.3) is 0 Å². The number of nitrogens with zero attached hydrogens (tertiary/aromatic N) is 2. The van der Waals surface area contributed by atoms with Crippen molar-refractivity contribution in [1.82, 2.24) is 9.78 Å². The molecule has 0 N–H and O–H groups in total. The number of aromatic nitrogens is 2. The number of rotatable bonds is 7. The summed E-state index contributed by atoms with van der Waals surface area (Å²) in [6, 6.07) is 9.62. The maximum Gasteiger partial charge on any atom is 0.435 e. The first-order valence-electron chi connectivity index (χ1n) is 8.92. The fraction of sp³-hybridized carbons (Fsp3) is 0.450. The molecule has 1 heterocycles. The minimum atomic E-state index is -0.640. The molecule has 7 nitrogen and oxygen atoms in total. The number of aryl methyl sites for hydroxylation is 1. The maximum absolute atomic E-state index is 12.3. The smallest absolute Gasteiger partial charge is 0.435 e. The average molecular weight is 374 g/mol. The van der Waals surface area contributed by atoms with E-state index in [-0.39, 0.29) is 12.4 Å². The molecule has 0 bridgehead atoms. The van der Waals surface area contributed by atoms with Crippen LogP contribution in [0.25, 0.3) is 0 Å². The van der Waals surface area contributed by atoms with E-state index in [2.05, 4.69) is 5.10 Å². The molecule has 1 aromatic heterocycles. The minimum Gasteiger partial charge on any atom is -0.472 e. The molecule has 0 amide bonds. The number of benzene rings is 1. The normalized spacial score (nSPS) is 11.1. The molecule has 0 aliphatic carbocycles. The molecule has 27 heavy (non-hydrogen) atoms. The SMILES string of the molecule is CCOC(=O)CCc1cn(C(=O)OC(C)(C)C)nc1OCc1ccccc1. The van der Waals surface area contributed by atoms with E-state index in [1.807, 2.05) is 30.3 Å². The largest absolute Gasteiger partial charge is 0.472 e. The lowest BCUT2D eigenvalue weighted by atomic mass is 10.2. The van der Waals surface area contributed by atoms with Crippen LogP contribution in [0.5, 0.6) is 5.88 Å². The maximum atomic E-state index is 12.3. The summed E-state index contributed by atoms with van der Waals surface area (Å²) < 4.78 is 17.2. The Morgan fingerprint density at radius 2 is 1.85 bits per heavy atom. The third kappa shape index (κ3) is 6.77. The molecule has 0 saturated carbocycles. The highest BCUT2D eigenvalue weighted by Crippen LogP contribution is 2.21. The summed E-state index contributed by atoms with van der Waals surface area (Å²) in [6.07, 6.45) is 1.46. The third-order valence-corrected chi connectivity index (χ3v) is 3.45. The lowest BCUT2D eigenvalue weighted by Crippen LogP contribution is -2.27. The van der Waals surface area contributed by atoms with Crippen LogP contribution < -0.4 is 4.74 Å². The highest BCUT2D eigenvalue weighted by atomic mass is 16.6. The Bertz CT molecular complexity index is 762. The molecule has 0 fully saturated rings. The number of hydrogen-bond donors (Lipinski definition) is 0. The second kappa shape index (κ2) is 9.21. The quantitative estimate of drug-likeness (QED) is 0.687. The predicted molar refractivity (Wildman–Crippen MR) is 99.6 cm³/mol. The predicted octanol–water partition coefficient (Wildman–Crippen LogP) is 3.74. The number of ether oxygens (including phenoxy) is 3. The van der Waals surface area contributed by atoms with Gasteiger partial charge >= 0.3 is 12.1 Å². The van der Waals surface area contributed by atoms with Gasteiger partial charge in [0.1, 0.15) is 12.2 Å². The van der Waals surface area contributed by atoms with E-state index >= 15 is 0 Å². The van der Waals surface area contributed by atoms with Gasteiger partial charge in [0.05, 0.1) is 6.61 Å². The summed E-state index contributed by atoms with van der Waals surface area (Å²) >= 11 is 0. The molecule has 146 valence electrons. The standard InChI is InChI=1S/C20H26N2O5/c1-5-25-17(23)12-11-16-13-22(19(24)27-20(2,3)4)21-18(16)26-14-15-9-7-6-8-10-15/h6-10,13H,5,11-12,14H2,1-4H3. The van der Waals surface area contributed by atoms with Gasteiger partial charge in [-0.15, -0.1) is 5.10 Å². The fourth-order valence-electron chi connectivity index (χ4n) is 2.28. The summed E-state index contributed by atoms with van der Waals surface area (Å²) in [6.45, 7) is 7.73. The van der Waals surface area contributed by atoms with Crippen LogP contribution in [0.3, 0.4) is 0 Å². The van der Waals surface area contributed by atoms with Gasteiger partial charge in [-0.3, -0.25) is 4.79 Å². The van der Waals surface area contributed by atoms with Crippen molar-refractivity contribution in [3.05, 3.63) is 47.7 Å². The molecular weight excluding hydrogens is 348 g/mol. The van der Waals surface area contributed by atoms with Crippen LogP contribution in [-0.4, -0.2) is 34.1 Å². The van der Waals surface area contributed by atoms with Crippen molar-refractivity contribution in [3.63, 3.8) is 0 Å². The second-order valence-corrected chi connectivity index (χ2v) is 6.96. The highest BCUT2D eigenvalue weighted by molar-refractivity contribution is 5.71. The van der Waals surface area contributed by atoms with Gasteiger partial charge in [-0.25, -0.2) is 4.79 Å². The van der Waals surface area contributed by atoms with Gasteiger partial charge in [0.15, 0.2) is 0 Å². The zero-order valence-corrected chi connectivity index (χ0v) is 16.2. The van der Waals surface area contributed by atoms with Gasteiger partial charge in [-0.05, 0) is 39.7 Å². The van der Waals surface area contributed by atoms with Gasteiger partial charge in [0, 0.05) is 18.2 Å². The van der Waals surface area contributed by atoms with Crippen molar-refractivity contribution in [2.45, 2.75) is 52.7 Å². The Kier molecular flexibility index (Phi) is 6.98. The Hall–Kier alpha value is -2.83. The first kappa shape index (κ1) is 20.5. The molecular formula is C20H26N2O5. The summed E-state index contributed by atoms with van der Waals surface area (Å²) in [7, 11) is 0. The molecule has 0 radical (unpaired) electrons. The molecule has 7 heteroatoms. The molecule has 1 aromatic carbocycles.